The van der Waals surface area contributed by atoms with Crippen molar-refractivity contribution >= 4 is 28.5 Å². The second-order valence-electron chi connectivity index (χ2n) is 7.02. The lowest BCUT2D eigenvalue weighted by atomic mass is 9.97. The number of H-pyrrole nitrogens is 1. The van der Waals surface area contributed by atoms with Crippen LogP contribution in [-0.4, -0.2) is 63.9 Å². The summed E-state index contributed by atoms with van der Waals surface area (Å²) in [6, 6.07) is 0.110. The molecule has 2 atom stereocenters. The number of carbonyl (C=O) groups is 2. The Morgan fingerprint density at radius 1 is 1.35 bits per heavy atom. The number of likely N-dealkylation sites (tertiary alicyclic amines) is 1. The predicted molar refractivity (Wildman–Crippen MR) is 96.0 cm³/mol. The maximum Gasteiger partial charge on any atom is 0.219 e. The van der Waals surface area contributed by atoms with Crippen LogP contribution in [0.5, 0.6) is 0 Å². The van der Waals surface area contributed by atoms with E-state index in [0.717, 1.165) is 31.2 Å². The SMILES string of the molecule is CC(=O)N1CCC[C@@H](Nc2ncnc3[nH]cc(C(=O)[C@@H]4CCOC4)c23)C1. The summed E-state index contributed by atoms with van der Waals surface area (Å²) in [5.41, 5.74) is 1.25. The molecule has 2 fully saturated rings. The molecule has 138 valence electrons. The van der Waals surface area contributed by atoms with E-state index in [4.69, 9.17) is 4.74 Å². The number of ether oxygens (including phenoxy) is 1. The van der Waals surface area contributed by atoms with Crippen LogP contribution >= 0.6 is 0 Å². The van der Waals surface area contributed by atoms with E-state index in [1.54, 1.807) is 13.1 Å². The van der Waals surface area contributed by atoms with Crippen molar-refractivity contribution in [3.8, 4) is 0 Å². The Balaban J connectivity index is 1.61. The lowest BCUT2D eigenvalue weighted by Gasteiger charge is -2.32. The molecule has 2 aromatic rings. The molecule has 4 heterocycles. The van der Waals surface area contributed by atoms with Gasteiger partial charge in [0.1, 0.15) is 17.8 Å². The zero-order chi connectivity index (χ0) is 18.1. The summed E-state index contributed by atoms with van der Waals surface area (Å²) in [4.78, 5) is 38.1. The summed E-state index contributed by atoms with van der Waals surface area (Å²) in [6.45, 7) is 4.13. The minimum absolute atomic E-state index is 0.0700. The van der Waals surface area contributed by atoms with Gasteiger partial charge in [-0.05, 0) is 19.3 Å². The van der Waals surface area contributed by atoms with Gasteiger partial charge in [0.05, 0.1) is 12.0 Å². The van der Waals surface area contributed by atoms with Gasteiger partial charge in [0.15, 0.2) is 5.78 Å². The maximum atomic E-state index is 12.9. The van der Waals surface area contributed by atoms with Crippen LogP contribution in [0.4, 0.5) is 5.82 Å². The van der Waals surface area contributed by atoms with Crippen LogP contribution in [0.3, 0.4) is 0 Å². The number of Topliss-reactive ketones (excluding diaryl/α,β-unsaturated/α-hetero) is 1. The predicted octanol–water partition coefficient (Wildman–Crippen LogP) is 1.60. The Labute approximate surface area is 151 Å². The van der Waals surface area contributed by atoms with E-state index < -0.39 is 0 Å². The maximum absolute atomic E-state index is 12.9. The molecule has 2 saturated heterocycles. The van der Waals surface area contributed by atoms with E-state index in [1.807, 2.05) is 4.90 Å². The van der Waals surface area contributed by atoms with Crippen molar-refractivity contribution in [2.75, 3.05) is 31.6 Å². The van der Waals surface area contributed by atoms with Crippen molar-refractivity contribution in [1.82, 2.24) is 19.9 Å². The fourth-order valence-corrected chi connectivity index (χ4v) is 3.80. The molecule has 2 aliphatic rings. The van der Waals surface area contributed by atoms with Gasteiger partial charge in [-0.1, -0.05) is 0 Å². The molecule has 0 bridgehead atoms. The number of ketones is 1. The van der Waals surface area contributed by atoms with Gasteiger partial charge in [0, 0.05) is 50.3 Å². The Morgan fingerprint density at radius 3 is 3.00 bits per heavy atom. The van der Waals surface area contributed by atoms with Crippen LogP contribution in [0, 0.1) is 5.92 Å². The van der Waals surface area contributed by atoms with Crippen molar-refractivity contribution in [2.24, 2.45) is 5.92 Å². The number of fused-ring (bicyclic) bond motifs is 1. The smallest absolute Gasteiger partial charge is 0.219 e. The molecule has 26 heavy (non-hydrogen) atoms. The van der Waals surface area contributed by atoms with Crippen LogP contribution in [0.15, 0.2) is 12.5 Å². The third-order valence-electron chi connectivity index (χ3n) is 5.24. The highest BCUT2D eigenvalue weighted by molar-refractivity contribution is 6.11. The van der Waals surface area contributed by atoms with Gasteiger partial charge in [-0.25, -0.2) is 9.97 Å². The number of hydrogen-bond acceptors (Lipinski definition) is 6. The number of aromatic nitrogens is 3. The fourth-order valence-electron chi connectivity index (χ4n) is 3.80. The lowest BCUT2D eigenvalue weighted by Crippen LogP contribution is -2.44. The van der Waals surface area contributed by atoms with Gasteiger partial charge in [0.2, 0.25) is 5.91 Å². The van der Waals surface area contributed by atoms with Crippen molar-refractivity contribution < 1.29 is 14.3 Å². The van der Waals surface area contributed by atoms with Crippen molar-refractivity contribution in [3.05, 3.63) is 18.1 Å². The van der Waals surface area contributed by atoms with E-state index in [2.05, 4.69) is 20.3 Å². The Hall–Kier alpha value is -2.48. The number of nitrogens with one attached hydrogen (secondary N) is 2. The number of amides is 1. The third-order valence-corrected chi connectivity index (χ3v) is 5.24. The largest absolute Gasteiger partial charge is 0.381 e. The van der Waals surface area contributed by atoms with Crippen LogP contribution in [0.25, 0.3) is 11.0 Å². The molecule has 4 rings (SSSR count). The number of piperidine rings is 1. The second-order valence-corrected chi connectivity index (χ2v) is 7.02. The summed E-state index contributed by atoms with van der Waals surface area (Å²) in [5, 5.41) is 4.16. The van der Waals surface area contributed by atoms with Crippen molar-refractivity contribution in [3.63, 3.8) is 0 Å². The van der Waals surface area contributed by atoms with E-state index in [1.165, 1.54) is 6.33 Å². The van der Waals surface area contributed by atoms with Gasteiger partial charge in [-0.2, -0.15) is 0 Å². The topological polar surface area (TPSA) is 100 Å². The zero-order valence-electron chi connectivity index (χ0n) is 14.8. The molecule has 0 unspecified atom stereocenters. The molecule has 8 nitrogen and oxygen atoms in total. The average molecular weight is 357 g/mol. The summed E-state index contributed by atoms with van der Waals surface area (Å²) >= 11 is 0. The van der Waals surface area contributed by atoms with E-state index in [-0.39, 0.29) is 23.7 Å². The molecule has 0 aromatic carbocycles. The summed E-state index contributed by atoms with van der Waals surface area (Å²) < 4.78 is 5.36. The molecule has 0 spiro atoms. The molecule has 2 N–H and O–H groups in total. The number of nitrogens with zero attached hydrogens (tertiary/aromatic N) is 3. The first-order valence-electron chi connectivity index (χ1n) is 9.09. The van der Waals surface area contributed by atoms with Gasteiger partial charge in [0.25, 0.3) is 0 Å². The van der Waals surface area contributed by atoms with E-state index in [9.17, 15) is 9.59 Å². The molecule has 0 radical (unpaired) electrons. The Kier molecular flexibility index (Phi) is 4.58. The summed E-state index contributed by atoms with van der Waals surface area (Å²) in [7, 11) is 0. The highest BCUT2D eigenvalue weighted by Crippen LogP contribution is 2.29. The average Bonchev–Trinajstić information content (AvgIpc) is 3.32. The summed E-state index contributed by atoms with van der Waals surface area (Å²) in [6.07, 6.45) is 5.86. The number of aromatic amines is 1. The first-order chi connectivity index (χ1) is 12.6. The van der Waals surface area contributed by atoms with Gasteiger partial charge >= 0.3 is 0 Å². The molecular weight excluding hydrogens is 334 g/mol. The second kappa shape index (κ2) is 7.03. The van der Waals surface area contributed by atoms with Crippen molar-refractivity contribution in [2.45, 2.75) is 32.2 Å². The minimum Gasteiger partial charge on any atom is -0.381 e. The molecule has 2 aliphatic heterocycles. The van der Waals surface area contributed by atoms with Gasteiger partial charge in [-0.15, -0.1) is 0 Å². The van der Waals surface area contributed by atoms with Crippen LogP contribution < -0.4 is 5.32 Å². The zero-order valence-corrected chi connectivity index (χ0v) is 14.8. The quantitative estimate of drug-likeness (QED) is 0.806. The number of rotatable bonds is 4. The van der Waals surface area contributed by atoms with Crippen LogP contribution in [0.2, 0.25) is 0 Å². The minimum atomic E-state index is -0.107. The van der Waals surface area contributed by atoms with E-state index >= 15 is 0 Å². The standard InChI is InChI=1S/C18H23N5O3/c1-11(24)23-5-2-3-13(8-23)22-18-15-14(7-19-17(15)20-10-21-18)16(25)12-4-6-26-9-12/h7,10,12-13H,2-6,8-9H2,1H3,(H2,19,20,21,22)/t12-,13-/m1/s1. The van der Waals surface area contributed by atoms with Crippen LogP contribution in [-0.2, 0) is 9.53 Å². The first-order valence-corrected chi connectivity index (χ1v) is 9.09. The monoisotopic (exact) mass is 357 g/mol. The van der Waals surface area contributed by atoms with Gasteiger partial charge in [-0.3, -0.25) is 9.59 Å². The number of carbonyl (C=O) groups excluding carboxylic acids is 2. The molecular formula is C18H23N5O3. The normalized spacial score (nSPS) is 23.3. The van der Waals surface area contributed by atoms with E-state index in [0.29, 0.717) is 36.8 Å². The van der Waals surface area contributed by atoms with Gasteiger partial charge < -0.3 is 19.9 Å². The Morgan fingerprint density at radius 2 is 2.23 bits per heavy atom. The first kappa shape index (κ1) is 17.0. The fraction of sp³-hybridized carbons (Fsp3) is 0.556. The lowest BCUT2D eigenvalue weighted by molar-refractivity contribution is -0.129. The third kappa shape index (κ3) is 3.16. The molecule has 1 amide bonds. The Bertz CT molecular complexity index is 827. The molecule has 2 aromatic heterocycles. The highest BCUT2D eigenvalue weighted by Gasteiger charge is 2.29. The molecule has 0 aliphatic carbocycles. The summed E-state index contributed by atoms with van der Waals surface area (Å²) in [5.74, 6) is 0.697. The van der Waals surface area contributed by atoms with Crippen LogP contribution in [0.1, 0.15) is 36.5 Å². The molecule has 8 heteroatoms. The van der Waals surface area contributed by atoms with Crippen molar-refractivity contribution in [1.29, 1.82) is 0 Å². The molecule has 0 saturated carbocycles. The number of hydrogen-bond donors (Lipinski definition) is 2. The number of anilines is 1. The highest BCUT2D eigenvalue weighted by atomic mass is 16.5.